The number of halogens is 1. The number of allylic oxidation sites excluding steroid dienone is 2. The molecule has 1 N–H and O–H groups in total. The Balaban J connectivity index is 1.45. The Hall–Kier alpha value is -2.17. The van der Waals surface area contributed by atoms with E-state index in [1.807, 2.05) is 11.0 Å². The predicted molar refractivity (Wildman–Crippen MR) is 98.8 cm³/mol. The van der Waals surface area contributed by atoms with Crippen LogP contribution in [0.5, 0.6) is 0 Å². The van der Waals surface area contributed by atoms with Crippen molar-refractivity contribution in [2.45, 2.75) is 45.6 Å². The van der Waals surface area contributed by atoms with Crippen LogP contribution >= 0.6 is 0 Å². The Bertz CT molecular complexity index is 693. The summed E-state index contributed by atoms with van der Waals surface area (Å²) in [6.45, 7) is 3.35. The Morgan fingerprint density at radius 3 is 2.58 bits per heavy atom. The summed E-state index contributed by atoms with van der Waals surface area (Å²) in [5.74, 6) is 0.0329. The predicted octanol–water partition coefficient (Wildman–Crippen LogP) is 3.35. The van der Waals surface area contributed by atoms with Gasteiger partial charge in [-0.25, -0.2) is 4.39 Å². The van der Waals surface area contributed by atoms with E-state index in [2.05, 4.69) is 17.5 Å². The molecule has 1 saturated heterocycles. The zero-order valence-electron chi connectivity index (χ0n) is 15.3. The summed E-state index contributed by atoms with van der Waals surface area (Å²) in [7, 11) is 0. The Labute approximate surface area is 154 Å². The van der Waals surface area contributed by atoms with Gasteiger partial charge in [0.1, 0.15) is 5.82 Å². The molecule has 0 unspecified atom stereocenters. The second-order valence-electron chi connectivity index (χ2n) is 7.38. The van der Waals surface area contributed by atoms with E-state index < -0.39 is 0 Å². The maximum Gasteiger partial charge on any atom is 0.226 e. The summed E-state index contributed by atoms with van der Waals surface area (Å²) in [5.41, 5.74) is 1.37. The van der Waals surface area contributed by atoms with E-state index in [-0.39, 0.29) is 29.5 Å². The van der Waals surface area contributed by atoms with Gasteiger partial charge >= 0.3 is 0 Å². The van der Waals surface area contributed by atoms with Crippen LogP contribution in [0.3, 0.4) is 0 Å². The van der Waals surface area contributed by atoms with E-state index in [9.17, 15) is 14.0 Å². The molecule has 140 valence electrons. The number of amides is 2. The number of hydrogen-bond donors (Lipinski definition) is 1. The van der Waals surface area contributed by atoms with E-state index >= 15 is 0 Å². The zero-order chi connectivity index (χ0) is 18.5. The fourth-order valence-electron chi connectivity index (χ4n) is 3.72. The lowest BCUT2D eigenvalue weighted by molar-refractivity contribution is -0.139. The molecule has 0 bridgehead atoms. The summed E-state index contributed by atoms with van der Waals surface area (Å²) >= 11 is 0. The molecule has 3 rings (SSSR count). The molecule has 2 aliphatic rings. The van der Waals surface area contributed by atoms with Gasteiger partial charge in [-0.15, -0.1) is 0 Å². The van der Waals surface area contributed by atoms with E-state index in [1.54, 1.807) is 13.0 Å². The molecular formula is C21H27FN2O2. The van der Waals surface area contributed by atoms with Crippen LogP contribution in [0.2, 0.25) is 0 Å². The molecule has 1 heterocycles. The van der Waals surface area contributed by atoms with Crippen molar-refractivity contribution in [3.8, 4) is 0 Å². The molecule has 1 aliphatic carbocycles. The van der Waals surface area contributed by atoms with Gasteiger partial charge in [0.2, 0.25) is 11.8 Å². The van der Waals surface area contributed by atoms with Crippen molar-refractivity contribution in [2.75, 3.05) is 13.1 Å². The lowest BCUT2D eigenvalue weighted by Gasteiger charge is -2.34. The van der Waals surface area contributed by atoms with Gasteiger partial charge in [0.15, 0.2) is 0 Å². The van der Waals surface area contributed by atoms with Crippen LogP contribution in [0.1, 0.15) is 43.2 Å². The van der Waals surface area contributed by atoms with Gasteiger partial charge in [0.05, 0.1) is 0 Å². The molecule has 0 saturated carbocycles. The van der Waals surface area contributed by atoms with Crippen molar-refractivity contribution in [2.24, 2.45) is 11.8 Å². The zero-order valence-corrected chi connectivity index (χ0v) is 15.3. The molecule has 1 fully saturated rings. The average molecular weight is 358 g/mol. The first-order valence-electron chi connectivity index (χ1n) is 9.51. The summed E-state index contributed by atoms with van der Waals surface area (Å²) in [5, 5.41) is 2.90. The van der Waals surface area contributed by atoms with Crippen molar-refractivity contribution in [1.29, 1.82) is 0 Å². The number of aryl methyl sites for hydroxylation is 1. The highest BCUT2D eigenvalue weighted by atomic mass is 19.1. The summed E-state index contributed by atoms with van der Waals surface area (Å²) in [6, 6.07) is 5.02. The molecule has 0 radical (unpaired) electrons. The minimum Gasteiger partial charge on any atom is -0.352 e. The highest BCUT2D eigenvalue weighted by Crippen LogP contribution is 2.24. The number of carbonyl (C=O) groups is 2. The number of nitrogens with zero attached hydrogens (tertiary/aromatic N) is 1. The Kier molecular flexibility index (Phi) is 6.07. The first kappa shape index (κ1) is 18.6. The molecule has 0 spiro atoms. The summed E-state index contributed by atoms with van der Waals surface area (Å²) < 4.78 is 13.6. The molecule has 1 atom stereocenters. The number of rotatable bonds is 4. The average Bonchev–Trinajstić information content (AvgIpc) is 2.69. The topological polar surface area (TPSA) is 49.4 Å². The van der Waals surface area contributed by atoms with Gasteiger partial charge in [0.25, 0.3) is 0 Å². The Morgan fingerprint density at radius 1 is 1.15 bits per heavy atom. The van der Waals surface area contributed by atoms with Crippen LogP contribution in [0.15, 0.2) is 30.4 Å². The second kappa shape index (κ2) is 8.47. The molecule has 1 aromatic rings. The van der Waals surface area contributed by atoms with Crippen molar-refractivity contribution in [1.82, 2.24) is 10.2 Å². The fraction of sp³-hybridized carbons (Fsp3) is 0.524. The standard InChI is InChI=1S/C21H27FN2O2/c1-15-7-8-16(13-19(15)22)14-23-20(25)17-9-11-24(12-10-17)21(26)18-5-3-2-4-6-18/h2-3,7-8,13,17-18H,4-6,9-12,14H2,1H3,(H,23,25)/t18-/m0/s1. The number of carbonyl (C=O) groups excluding carboxylic acids is 2. The first-order valence-corrected chi connectivity index (χ1v) is 9.51. The largest absolute Gasteiger partial charge is 0.352 e. The van der Waals surface area contributed by atoms with Crippen LogP contribution in [0.4, 0.5) is 4.39 Å². The number of hydrogen-bond acceptors (Lipinski definition) is 2. The minimum atomic E-state index is -0.249. The maximum atomic E-state index is 13.6. The molecule has 26 heavy (non-hydrogen) atoms. The molecule has 4 nitrogen and oxygen atoms in total. The quantitative estimate of drug-likeness (QED) is 0.839. The smallest absolute Gasteiger partial charge is 0.226 e. The molecule has 1 aliphatic heterocycles. The van der Waals surface area contributed by atoms with Crippen LogP contribution in [0.25, 0.3) is 0 Å². The molecule has 5 heteroatoms. The third-order valence-corrected chi connectivity index (χ3v) is 5.50. The third-order valence-electron chi connectivity index (χ3n) is 5.50. The fourth-order valence-corrected chi connectivity index (χ4v) is 3.72. The van der Waals surface area contributed by atoms with Crippen LogP contribution in [-0.2, 0) is 16.1 Å². The van der Waals surface area contributed by atoms with Crippen molar-refractivity contribution >= 4 is 11.8 Å². The molecule has 1 aromatic carbocycles. The summed E-state index contributed by atoms with van der Waals surface area (Å²) in [4.78, 5) is 26.9. The van der Waals surface area contributed by atoms with Crippen LogP contribution in [0, 0.1) is 24.6 Å². The van der Waals surface area contributed by atoms with E-state index in [4.69, 9.17) is 0 Å². The van der Waals surface area contributed by atoms with Gasteiger partial charge in [-0.1, -0.05) is 24.3 Å². The first-order chi connectivity index (χ1) is 12.5. The minimum absolute atomic E-state index is 0.00122. The molecule has 2 amide bonds. The summed E-state index contributed by atoms with van der Waals surface area (Å²) in [6.07, 6.45) is 8.38. The lowest BCUT2D eigenvalue weighted by Crippen LogP contribution is -2.45. The number of piperidine rings is 1. The normalized spacial score (nSPS) is 20.8. The SMILES string of the molecule is Cc1ccc(CNC(=O)C2CCN(C(=O)[C@H]3CC=CCC3)CC2)cc1F. The van der Waals surface area contributed by atoms with Crippen molar-refractivity contribution < 1.29 is 14.0 Å². The lowest BCUT2D eigenvalue weighted by atomic mass is 9.90. The monoisotopic (exact) mass is 358 g/mol. The third kappa shape index (κ3) is 4.51. The number of benzene rings is 1. The van der Waals surface area contributed by atoms with E-state index in [0.29, 0.717) is 38.0 Å². The van der Waals surface area contributed by atoms with Crippen LogP contribution < -0.4 is 5.32 Å². The highest BCUT2D eigenvalue weighted by Gasteiger charge is 2.30. The Morgan fingerprint density at radius 2 is 1.92 bits per heavy atom. The van der Waals surface area contributed by atoms with Gasteiger partial charge < -0.3 is 10.2 Å². The van der Waals surface area contributed by atoms with Crippen LogP contribution in [-0.4, -0.2) is 29.8 Å². The van der Waals surface area contributed by atoms with Crippen molar-refractivity contribution in [3.05, 3.63) is 47.3 Å². The number of likely N-dealkylation sites (tertiary alicyclic amines) is 1. The van der Waals surface area contributed by atoms with Gasteiger partial charge in [-0.2, -0.15) is 0 Å². The second-order valence-corrected chi connectivity index (χ2v) is 7.38. The molecule has 0 aromatic heterocycles. The van der Waals surface area contributed by atoms with Crippen molar-refractivity contribution in [3.63, 3.8) is 0 Å². The van der Waals surface area contributed by atoms with E-state index in [1.165, 1.54) is 6.07 Å². The van der Waals surface area contributed by atoms with Gasteiger partial charge in [-0.3, -0.25) is 9.59 Å². The van der Waals surface area contributed by atoms with Gasteiger partial charge in [-0.05, 0) is 56.2 Å². The molecular weight excluding hydrogens is 331 g/mol. The van der Waals surface area contributed by atoms with Gasteiger partial charge in [0, 0.05) is 31.5 Å². The van der Waals surface area contributed by atoms with E-state index in [0.717, 1.165) is 24.8 Å². The maximum absolute atomic E-state index is 13.6. The highest BCUT2D eigenvalue weighted by molar-refractivity contribution is 5.81. The number of nitrogens with one attached hydrogen (secondary N) is 1.